The molecule has 6 bridgehead atoms. The lowest BCUT2D eigenvalue weighted by Gasteiger charge is -2.35. The van der Waals surface area contributed by atoms with Crippen molar-refractivity contribution in [2.75, 3.05) is 24.6 Å². The van der Waals surface area contributed by atoms with Gasteiger partial charge in [0.15, 0.2) is 0 Å². The lowest BCUT2D eigenvalue weighted by Crippen LogP contribution is -2.44. The van der Waals surface area contributed by atoms with Gasteiger partial charge in [-0.2, -0.15) is 0 Å². The fourth-order valence-electron chi connectivity index (χ4n) is 6.08. The minimum Gasteiger partial charge on any atom is -0.494 e. The van der Waals surface area contributed by atoms with Crippen LogP contribution in [0.2, 0.25) is 0 Å². The van der Waals surface area contributed by atoms with Gasteiger partial charge in [0.1, 0.15) is 11.4 Å². The standard InChI is InChI=1S/C27H31N5O2/c1-2-3-13-30-15-12-27-23-10-4-5-11-24(23)32(26(27)33)19-21-18-31(29-28-21)14-7-16-34-22-9-6-8-20(17-22)25(27)30/h4-6,8-11,17-18,25H,2-3,7,12-16,19H2,1H3/t25-,27-/m0/s1. The van der Waals surface area contributed by atoms with Gasteiger partial charge in [0.2, 0.25) is 5.91 Å². The zero-order valence-electron chi connectivity index (χ0n) is 19.7. The van der Waals surface area contributed by atoms with Crippen LogP contribution in [0.3, 0.4) is 0 Å². The van der Waals surface area contributed by atoms with Gasteiger partial charge in [-0.15, -0.1) is 5.10 Å². The van der Waals surface area contributed by atoms with Crippen LogP contribution in [0.4, 0.5) is 5.69 Å². The van der Waals surface area contributed by atoms with Crippen LogP contribution in [0.5, 0.6) is 5.75 Å². The Morgan fingerprint density at radius 3 is 2.97 bits per heavy atom. The SMILES string of the molecule is CCCCN1CC[C@@]23C(=O)N(Cc4cn(nn4)CCCOc4cccc(c4)[C@H]12)c1ccccc13. The van der Waals surface area contributed by atoms with Crippen molar-refractivity contribution in [2.45, 2.75) is 57.2 Å². The van der Waals surface area contributed by atoms with E-state index >= 15 is 0 Å². The summed E-state index contributed by atoms with van der Waals surface area (Å²) in [6.45, 7) is 5.89. The zero-order valence-corrected chi connectivity index (χ0v) is 19.7. The van der Waals surface area contributed by atoms with Gasteiger partial charge in [-0.05, 0) is 48.7 Å². The molecule has 6 rings (SSSR count). The Morgan fingerprint density at radius 1 is 1.15 bits per heavy atom. The summed E-state index contributed by atoms with van der Waals surface area (Å²) in [6.07, 6.45) is 5.86. The first-order valence-corrected chi connectivity index (χ1v) is 12.5. The number of unbranched alkanes of at least 4 members (excludes halogenated alkanes) is 1. The molecule has 1 spiro atoms. The number of rotatable bonds is 3. The molecule has 1 aromatic heterocycles. The summed E-state index contributed by atoms with van der Waals surface area (Å²) >= 11 is 0. The smallest absolute Gasteiger partial charge is 0.240 e. The van der Waals surface area contributed by atoms with E-state index in [0.29, 0.717) is 13.2 Å². The number of anilines is 1. The molecule has 0 saturated carbocycles. The lowest BCUT2D eigenvalue weighted by atomic mass is 9.72. The molecule has 3 aromatic rings. The van der Waals surface area contributed by atoms with E-state index < -0.39 is 5.41 Å². The average Bonchev–Trinajstić information content (AvgIpc) is 3.53. The zero-order chi connectivity index (χ0) is 23.1. The van der Waals surface area contributed by atoms with E-state index in [1.165, 1.54) is 0 Å². The molecule has 4 heterocycles. The number of para-hydroxylation sites is 1. The van der Waals surface area contributed by atoms with Crippen molar-refractivity contribution in [1.82, 2.24) is 19.9 Å². The molecule has 0 N–H and O–H groups in total. The van der Waals surface area contributed by atoms with E-state index in [2.05, 4.69) is 58.5 Å². The van der Waals surface area contributed by atoms with Gasteiger partial charge in [0.25, 0.3) is 0 Å². The van der Waals surface area contributed by atoms with Crippen molar-refractivity contribution in [3.63, 3.8) is 0 Å². The number of amides is 1. The van der Waals surface area contributed by atoms with Crippen molar-refractivity contribution < 1.29 is 9.53 Å². The van der Waals surface area contributed by atoms with E-state index in [1.807, 2.05) is 27.9 Å². The van der Waals surface area contributed by atoms with Crippen LogP contribution in [0.15, 0.2) is 54.7 Å². The summed E-state index contributed by atoms with van der Waals surface area (Å²) in [5.74, 6) is 1.04. The third-order valence-corrected chi connectivity index (χ3v) is 7.61. The first-order valence-electron chi connectivity index (χ1n) is 12.5. The van der Waals surface area contributed by atoms with Gasteiger partial charge in [0, 0.05) is 25.2 Å². The molecule has 2 atom stereocenters. The molecular formula is C27H31N5O2. The van der Waals surface area contributed by atoms with Crippen LogP contribution >= 0.6 is 0 Å². The molecular weight excluding hydrogens is 426 g/mol. The molecule has 34 heavy (non-hydrogen) atoms. The molecule has 7 heteroatoms. The van der Waals surface area contributed by atoms with Crippen molar-refractivity contribution in [3.8, 4) is 5.75 Å². The van der Waals surface area contributed by atoms with Crippen LogP contribution in [-0.4, -0.2) is 45.5 Å². The quantitative estimate of drug-likeness (QED) is 0.593. The van der Waals surface area contributed by atoms with Crippen LogP contribution in [0.1, 0.15) is 55.5 Å². The predicted octanol–water partition coefficient (Wildman–Crippen LogP) is 4.09. The Balaban J connectivity index is 1.53. The highest BCUT2D eigenvalue weighted by Gasteiger charge is 2.60. The Morgan fingerprint density at radius 2 is 2.06 bits per heavy atom. The number of hydrogen-bond donors (Lipinski definition) is 0. The Labute approximate surface area is 200 Å². The third-order valence-electron chi connectivity index (χ3n) is 7.61. The van der Waals surface area contributed by atoms with Crippen molar-refractivity contribution in [1.29, 1.82) is 0 Å². The van der Waals surface area contributed by atoms with E-state index in [1.54, 1.807) is 0 Å². The monoisotopic (exact) mass is 457 g/mol. The number of carbonyl (C=O) groups is 1. The van der Waals surface area contributed by atoms with Gasteiger partial charge >= 0.3 is 0 Å². The maximum atomic E-state index is 14.5. The molecule has 3 aliphatic rings. The minimum absolute atomic E-state index is 0.0259. The van der Waals surface area contributed by atoms with Crippen molar-refractivity contribution in [2.24, 2.45) is 0 Å². The molecule has 3 aliphatic heterocycles. The second-order valence-corrected chi connectivity index (χ2v) is 9.67. The van der Waals surface area contributed by atoms with Crippen molar-refractivity contribution in [3.05, 3.63) is 71.5 Å². The first-order chi connectivity index (χ1) is 16.7. The summed E-state index contributed by atoms with van der Waals surface area (Å²) in [7, 11) is 0. The number of benzene rings is 2. The average molecular weight is 458 g/mol. The number of carbonyl (C=O) groups excluding carboxylic acids is 1. The molecule has 1 fully saturated rings. The topological polar surface area (TPSA) is 63.5 Å². The van der Waals surface area contributed by atoms with Gasteiger partial charge in [0.05, 0.1) is 30.8 Å². The molecule has 7 nitrogen and oxygen atoms in total. The van der Waals surface area contributed by atoms with Gasteiger partial charge in [-0.3, -0.25) is 14.4 Å². The van der Waals surface area contributed by atoms with Crippen LogP contribution in [-0.2, 0) is 23.3 Å². The number of nitrogens with zero attached hydrogens (tertiary/aromatic N) is 5. The Hall–Kier alpha value is -3.19. The second kappa shape index (κ2) is 8.55. The van der Waals surface area contributed by atoms with Crippen molar-refractivity contribution >= 4 is 11.6 Å². The number of hydrogen-bond acceptors (Lipinski definition) is 5. The minimum atomic E-state index is -0.612. The normalized spacial score (nSPS) is 24.2. The summed E-state index contributed by atoms with van der Waals surface area (Å²) in [6, 6.07) is 16.7. The van der Waals surface area contributed by atoms with Gasteiger partial charge in [-0.25, -0.2) is 0 Å². The maximum absolute atomic E-state index is 14.5. The number of aryl methyl sites for hydroxylation is 1. The molecule has 2 aromatic carbocycles. The highest BCUT2D eigenvalue weighted by Crippen LogP contribution is 2.57. The number of ether oxygens (including phenoxy) is 1. The molecule has 0 aliphatic carbocycles. The van der Waals surface area contributed by atoms with E-state index in [4.69, 9.17) is 4.74 Å². The molecule has 0 unspecified atom stereocenters. The highest BCUT2D eigenvalue weighted by atomic mass is 16.5. The molecule has 1 saturated heterocycles. The Bertz CT molecular complexity index is 1210. The summed E-state index contributed by atoms with van der Waals surface area (Å²) in [5.41, 5.74) is 3.50. The fraction of sp³-hybridized carbons (Fsp3) is 0.444. The molecule has 0 radical (unpaired) electrons. The number of likely N-dealkylation sites (tertiary alicyclic amines) is 1. The summed E-state index contributed by atoms with van der Waals surface area (Å²) in [5, 5.41) is 8.67. The van der Waals surface area contributed by atoms with Crippen LogP contribution in [0, 0.1) is 0 Å². The lowest BCUT2D eigenvalue weighted by molar-refractivity contribution is -0.124. The van der Waals surface area contributed by atoms with Gasteiger partial charge in [-0.1, -0.05) is 48.9 Å². The largest absolute Gasteiger partial charge is 0.494 e. The number of fused-ring (bicyclic) bond motifs is 8. The van der Waals surface area contributed by atoms with E-state index in [9.17, 15) is 4.79 Å². The first kappa shape index (κ1) is 21.4. The maximum Gasteiger partial charge on any atom is 0.240 e. The summed E-state index contributed by atoms with van der Waals surface area (Å²) in [4.78, 5) is 18.9. The Kier molecular flexibility index (Phi) is 5.37. The third kappa shape index (κ3) is 3.33. The van der Waals surface area contributed by atoms with Gasteiger partial charge < -0.3 is 9.64 Å². The molecule has 1 amide bonds. The summed E-state index contributed by atoms with van der Waals surface area (Å²) < 4.78 is 7.98. The molecule has 176 valence electrons. The van der Waals surface area contributed by atoms with E-state index in [0.717, 1.165) is 73.6 Å². The second-order valence-electron chi connectivity index (χ2n) is 9.67. The van der Waals surface area contributed by atoms with E-state index in [-0.39, 0.29) is 11.9 Å². The van der Waals surface area contributed by atoms with Crippen LogP contribution < -0.4 is 9.64 Å². The highest BCUT2D eigenvalue weighted by molar-refractivity contribution is 6.09. The van der Waals surface area contributed by atoms with Crippen LogP contribution in [0.25, 0.3) is 0 Å². The number of aromatic nitrogens is 3. The predicted molar refractivity (Wildman–Crippen MR) is 130 cm³/mol. The fourth-order valence-corrected chi connectivity index (χ4v) is 6.08.